The van der Waals surface area contributed by atoms with E-state index in [-0.39, 0.29) is 22.6 Å². The second-order valence-corrected chi connectivity index (χ2v) is 9.30. The van der Waals surface area contributed by atoms with Crippen molar-refractivity contribution in [3.8, 4) is 0 Å². The number of nitrogen functional groups attached to an aromatic ring is 1. The molecule has 0 amide bonds. The molecule has 0 heterocycles. The van der Waals surface area contributed by atoms with Crippen LogP contribution in [0.1, 0.15) is 5.56 Å². The van der Waals surface area contributed by atoms with Gasteiger partial charge in [-0.3, -0.25) is 0 Å². The van der Waals surface area contributed by atoms with E-state index < -0.39 is 36.4 Å². The Hall–Kier alpha value is -1.81. The summed E-state index contributed by atoms with van der Waals surface area (Å²) in [5, 5.41) is 0. The first-order valence-corrected chi connectivity index (χ1v) is 9.70. The summed E-state index contributed by atoms with van der Waals surface area (Å²) in [5.74, 6) is -0.691. The first-order valence-electron chi connectivity index (χ1n) is 6.09. The highest BCUT2D eigenvalue weighted by Gasteiger charge is 2.65. The first kappa shape index (κ1) is 17.5. The van der Waals surface area contributed by atoms with Crippen LogP contribution in [0.15, 0.2) is 58.3 Å². The van der Waals surface area contributed by atoms with E-state index in [1.54, 1.807) is 6.07 Å². The number of hydrogen-bond acceptors (Lipinski definition) is 3. The third-order valence-corrected chi connectivity index (χ3v) is 5.84. The minimum atomic E-state index is -9.85. The number of rotatable bonds is 4. The van der Waals surface area contributed by atoms with Gasteiger partial charge >= 0.3 is 10.2 Å². The second-order valence-electron chi connectivity index (χ2n) is 4.90. The molecule has 2 N–H and O–H groups in total. The van der Waals surface area contributed by atoms with E-state index in [9.17, 15) is 27.8 Å². The van der Waals surface area contributed by atoms with Gasteiger partial charge in [-0.2, -0.15) is 0 Å². The van der Waals surface area contributed by atoms with Gasteiger partial charge in [0.1, 0.15) is 4.90 Å². The van der Waals surface area contributed by atoms with E-state index in [2.05, 4.69) is 0 Å². The average molecular weight is 373 g/mol. The van der Waals surface area contributed by atoms with Crippen molar-refractivity contribution in [1.82, 2.24) is 0 Å². The Morgan fingerprint density at radius 2 is 1.48 bits per heavy atom. The quantitative estimate of drug-likeness (QED) is 0.613. The lowest BCUT2D eigenvalue weighted by Crippen LogP contribution is -2.10. The Bertz CT molecular complexity index is 850. The summed E-state index contributed by atoms with van der Waals surface area (Å²) < 4.78 is 87.7. The zero-order valence-electron chi connectivity index (χ0n) is 11.4. The summed E-state index contributed by atoms with van der Waals surface area (Å²) in [6, 6.07) is 8.05. The van der Waals surface area contributed by atoms with Crippen molar-refractivity contribution < 1.29 is 27.8 Å². The molecule has 0 saturated heterocycles. The number of benzene rings is 2. The van der Waals surface area contributed by atoms with Crippen LogP contribution < -0.4 is 5.73 Å². The van der Waals surface area contributed by atoms with Gasteiger partial charge in [0.25, 0.3) is 0 Å². The van der Waals surface area contributed by atoms with E-state index in [0.717, 1.165) is 0 Å². The Labute approximate surface area is 129 Å². The van der Waals surface area contributed by atoms with Gasteiger partial charge in [0.15, 0.2) is 9.84 Å². The van der Waals surface area contributed by atoms with Crippen LogP contribution in [-0.2, 0) is 15.6 Å². The van der Waals surface area contributed by atoms with Gasteiger partial charge in [0.2, 0.25) is 0 Å². The highest BCUT2D eigenvalue weighted by atomic mass is 32.5. The molecule has 0 unspecified atom stereocenters. The monoisotopic (exact) mass is 373 g/mol. The molecule has 10 heteroatoms. The molecule has 0 aliphatic rings. The standard InChI is InChI=1S/C13H12F5NO2S2/c14-23(15,16,17,18)12-7-6-10(13(19)8-12)9-22(20,21)11-4-2-1-3-5-11/h1-8H,9,19H2. The van der Waals surface area contributed by atoms with Gasteiger partial charge in [-0.15, -0.1) is 0 Å². The first-order chi connectivity index (χ1) is 10.2. The zero-order chi connectivity index (χ0) is 17.6. The smallest absolute Gasteiger partial charge is 0.310 e. The van der Waals surface area contributed by atoms with E-state index in [1.807, 2.05) is 0 Å². The summed E-state index contributed by atoms with van der Waals surface area (Å²) in [7, 11) is -13.7. The molecule has 2 rings (SSSR count). The minimum absolute atomic E-state index is 0.0452. The van der Waals surface area contributed by atoms with Crippen molar-refractivity contribution in [2.75, 3.05) is 5.73 Å². The van der Waals surface area contributed by atoms with Crippen LogP contribution in [0.2, 0.25) is 0 Å². The van der Waals surface area contributed by atoms with Crippen molar-refractivity contribution in [2.24, 2.45) is 0 Å². The number of anilines is 1. The fraction of sp³-hybridized carbons (Fsp3) is 0.0769. The molecule has 0 aliphatic heterocycles. The highest BCUT2D eigenvalue weighted by molar-refractivity contribution is 8.45. The lowest BCUT2D eigenvalue weighted by Gasteiger charge is -2.40. The molecule has 23 heavy (non-hydrogen) atoms. The number of sulfone groups is 1. The second kappa shape index (κ2) is 4.60. The molecule has 0 atom stereocenters. The topological polar surface area (TPSA) is 60.2 Å². The maximum Gasteiger partial charge on any atom is 0.310 e. The molecule has 0 aromatic heterocycles. The summed E-state index contributed by atoms with van der Waals surface area (Å²) in [5.41, 5.74) is 4.50. The molecule has 2 aromatic carbocycles. The van der Waals surface area contributed by atoms with Crippen molar-refractivity contribution in [3.63, 3.8) is 0 Å². The van der Waals surface area contributed by atoms with Gasteiger partial charge in [-0.1, -0.05) is 43.7 Å². The van der Waals surface area contributed by atoms with Crippen molar-refractivity contribution >= 4 is 25.7 Å². The number of nitrogens with two attached hydrogens (primary N) is 1. The lowest BCUT2D eigenvalue weighted by molar-refractivity contribution is 0.364. The maximum absolute atomic E-state index is 12.7. The third kappa shape index (κ3) is 4.14. The van der Waals surface area contributed by atoms with Crippen LogP contribution in [-0.4, -0.2) is 8.42 Å². The Kier molecular flexibility index (Phi) is 3.51. The van der Waals surface area contributed by atoms with Gasteiger partial charge in [-0.25, -0.2) is 8.42 Å². The SMILES string of the molecule is Nc1cc(S(F)(F)(F)(F)F)ccc1CS(=O)(=O)c1ccccc1. The van der Waals surface area contributed by atoms with E-state index >= 15 is 0 Å². The van der Waals surface area contributed by atoms with Crippen LogP contribution in [0.4, 0.5) is 25.1 Å². The predicted molar refractivity (Wildman–Crippen MR) is 79.6 cm³/mol. The van der Waals surface area contributed by atoms with Gasteiger partial charge in [0.05, 0.1) is 10.6 Å². The average Bonchev–Trinajstić information content (AvgIpc) is 2.39. The summed E-state index contributed by atoms with van der Waals surface area (Å²) >= 11 is 0. The predicted octanol–water partition coefficient (Wildman–Crippen LogP) is 4.90. The van der Waals surface area contributed by atoms with Gasteiger partial charge < -0.3 is 5.73 Å². The molecule has 0 saturated carbocycles. The number of hydrogen-bond donors (Lipinski definition) is 1. The molecule has 2 aromatic rings. The zero-order valence-corrected chi connectivity index (χ0v) is 13.1. The maximum atomic E-state index is 12.7. The fourth-order valence-corrected chi connectivity index (χ4v) is 3.95. The molecular formula is C13H12F5NO2S2. The van der Waals surface area contributed by atoms with Crippen LogP contribution in [0, 0.1) is 0 Å². The lowest BCUT2D eigenvalue weighted by atomic mass is 10.2. The van der Waals surface area contributed by atoms with Crippen molar-refractivity contribution in [3.05, 3.63) is 54.1 Å². The molecular weight excluding hydrogens is 361 g/mol. The van der Waals surface area contributed by atoms with E-state index in [1.165, 1.54) is 24.3 Å². The van der Waals surface area contributed by atoms with E-state index in [4.69, 9.17) is 5.73 Å². The normalized spacial score (nSPS) is 15.7. The van der Waals surface area contributed by atoms with Crippen LogP contribution in [0.3, 0.4) is 0 Å². The molecule has 128 valence electrons. The van der Waals surface area contributed by atoms with Crippen LogP contribution in [0.25, 0.3) is 0 Å². The Morgan fingerprint density at radius 3 is 1.96 bits per heavy atom. The molecule has 0 radical (unpaired) electrons. The Morgan fingerprint density at radius 1 is 0.913 bits per heavy atom. The van der Waals surface area contributed by atoms with Crippen LogP contribution in [0.5, 0.6) is 0 Å². The van der Waals surface area contributed by atoms with Crippen LogP contribution >= 0.6 is 10.2 Å². The summed E-state index contributed by atoms with van der Waals surface area (Å²) in [4.78, 5) is -2.19. The number of halogens is 5. The van der Waals surface area contributed by atoms with E-state index in [0.29, 0.717) is 6.07 Å². The Balaban J connectivity index is 2.41. The van der Waals surface area contributed by atoms with Gasteiger partial charge in [-0.05, 0) is 29.8 Å². The molecule has 0 bridgehead atoms. The molecule has 0 fully saturated rings. The summed E-state index contributed by atoms with van der Waals surface area (Å²) in [6.45, 7) is 0. The highest BCUT2D eigenvalue weighted by Crippen LogP contribution is 3.02. The third-order valence-electron chi connectivity index (χ3n) is 3.01. The molecule has 0 aliphatic carbocycles. The van der Waals surface area contributed by atoms with Crippen molar-refractivity contribution in [2.45, 2.75) is 15.5 Å². The molecule has 3 nitrogen and oxygen atoms in total. The minimum Gasteiger partial charge on any atom is -0.398 e. The fourth-order valence-electron chi connectivity index (χ4n) is 1.86. The van der Waals surface area contributed by atoms with Gasteiger partial charge in [0, 0.05) is 5.69 Å². The molecule has 0 spiro atoms. The largest absolute Gasteiger partial charge is 0.398 e. The summed E-state index contributed by atoms with van der Waals surface area (Å²) in [6.07, 6.45) is 0. The van der Waals surface area contributed by atoms with Crippen molar-refractivity contribution in [1.29, 1.82) is 0 Å².